The predicted molar refractivity (Wildman–Crippen MR) is 47.7 cm³/mol. The van der Waals surface area contributed by atoms with E-state index in [0.717, 1.165) is 0 Å². The molecule has 0 aliphatic rings. The summed E-state index contributed by atoms with van der Waals surface area (Å²) in [6.07, 6.45) is 7.73. The van der Waals surface area contributed by atoms with Crippen LogP contribution in [0.3, 0.4) is 0 Å². The zero-order valence-electron chi connectivity index (χ0n) is 7.45. The Balaban J connectivity index is 3.00. The molecule has 10 heavy (non-hydrogen) atoms. The average Bonchev–Trinajstić information content (AvgIpc) is 1.97. The van der Waals surface area contributed by atoms with E-state index in [4.69, 9.17) is 0 Å². The van der Waals surface area contributed by atoms with Crippen LogP contribution in [-0.4, -0.2) is 0 Å². The molecular formula is C10H20. The normalized spacial score (nSPS) is 10.8. The number of rotatable bonds is 6. The van der Waals surface area contributed by atoms with Gasteiger partial charge < -0.3 is 0 Å². The van der Waals surface area contributed by atoms with Crippen LogP contribution in [0.1, 0.15) is 52.4 Å². The van der Waals surface area contributed by atoms with Gasteiger partial charge in [0, 0.05) is 0 Å². The maximum atomic E-state index is 4.03. The van der Waals surface area contributed by atoms with Crippen LogP contribution < -0.4 is 0 Å². The van der Waals surface area contributed by atoms with Crippen molar-refractivity contribution in [3.63, 3.8) is 0 Å². The molecule has 0 amide bonds. The van der Waals surface area contributed by atoms with E-state index >= 15 is 0 Å². The molecule has 0 rings (SSSR count). The van der Waals surface area contributed by atoms with Gasteiger partial charge in [-0.3, -0.25) is 0 Å². The summed E-state index contributed by atoms with van der Waals surface area (Å²) >= 11 is 0. The Labute approximate surface area is 66.0 Å². The van der Waals surface area contributed by atoms with E-state index in [-0.39, 0.29) is 0 Å². The van der Waals surface area contributed by atoms with Crippen LogP contribution in [0.25, 0.3) is 0 Å². The van der Waals surface area contributed by atoms with Gasteiger partial charge in [0.2, 0.25) is 0 Å². The molecule has 0 saturated carbocycles. The first-order valence-electron chi connectivity index (χ1n) is 4.47. The first-order valence-corrected chi connectivity index (χ1v) is 4.47. The van der Waals surface area contributed by atoms with Gasteiger partial charge in [0.15, 0.2) is 0 Å². The third-order valence-corrected chi connectivity index (χ3v) is 1.77. The van der Waals surface area contributed by atoms with E-state index in [9.17, 15) is 0 Å². The largest absolute Gasteiger partial charge is 0.0654 e. The van der Waals surface area contributed by atoms with Crippen molar-refractivity contribution in [2.45, 2.75) is 52.4 Å². The van der Waals surface area contributed by atoms with Crippen molar-refractivity contribution in [3.8, 4) is 0 Å². The van der Waals surface area contributed by atoms with Gasteiger partial charge in [-0.05, 0) is 25.7 Å². The SMILES string of the molecule is [CH2][C](CCCC)CCCC. The monoisotopic (exact) mass is 140 g/mol. The lowest BCUT2D eigenvalue weighted by Crippen LogP contribution is -1.91. The highest BCUT2D eigenvalue weighted by atomic mass is 14.0. The zero-order chi connectivity index (χ0) is 7.82. The van der Waals surface area contributed by atoms with E-state index in [1.165, 1.54) is 44.4 Å². The van der Waals surface area contributed by atoms with Gasteiger partial charge in [-0.15, -0.1) is 0 Å². The van der Waals surface area contributed by atoms with Crippen LogP contribution >= 0.6 is 0 Å². The quantitative estimate of drug-likeness (QED) is 0.526. The van der Waals surface area contributed by atoms with Crippen LogP contribution in [0.15, 0.2) is 0 Å². The second-order valence-corrected chi connectivity index (χ2v) is 2.96. The Morgan fingerprint density at radius 1 is 1.00 bits per heavy atom. The molecule has 0 heteroatoms. The van der Waals surface area contributed by atoms with E-state index in [1.54, 1.807) is 0 Å². The Bertz CT molecular complexity index is 49.1. The fourth-order valence-corrected chi connectivity index (χ4v) is 0.979. The molecule has 0 bridgehead atoms. The highest BCUT2D eigenvalue weighted by Crippen LogP contribution is 2.16. The standard InChI is InChI=1S/C10H20/c1-4-6-8-10(3)9-7-5-2/h3-9H2,1-2H3. The van der Waals surface area contributed by atoms with Crippen molar-refractivity contribution in [1.29, 1.82) is 0 Å². The Morgan fingerprint density at radius 2 is 1.40 bits per heavy atom. The van der Waals surface area contributed by atoms with Crippen LogP contribution in [0.2, 0.25) is 0 Å². The number of unbranched alkanes of at least 4 members (excludes halogenated alkanes) is 2. The van der Waals surface area contributed by atoms with Gasteiger partial charge in [0.1, 0.15) is 0 Å². The topological polar surface area (TPSA) is 0 Å². The predicted octanol–water partition coefficient (Wildman–Crippen LogP) is 3.78. The van der Waals surface area contributed by atoms with Crippen LogP contribution in [0.5, 0.6) is 0 Å². The fourth-order valence-electron chi connectivity index (χ4n) is 0.979. The summed E-state index contributed by atoms with van der Waals surface area (Å²) in [5, 5.41) is 0. The summed E-state index contributed by atoms with van der Waals surface area (Å²) in [6.45, 7) is 8.49. The molecule has 0 nitrogen and oxygen atoms in total. The molecule has 2 radical (unpaired) electrons. The molecule has 0 aliphatic carbocycles. The highest BCUT2D eigenvalue weighted by Gasteiger charge is 1.99. The first kappa shape index (κ1) is 10.0. The summed E-state index contributed by atoms with van der Waals surface area (Å²) in [6, 6.07) is 0. The summed E-state index contributed by atoms with van der Waals surface area (Å²) in [5.74, 6) is 1.45. The molecule has 0 unspecified atom stereocenters. The lowest BCUT2D eigenvalue weighted by molar-refractivity contribution is 0.661. The summed E-state index contributed by atoms with van der Waals surface area (Å²) in [4.78, 5) is 0. The lowest BCUT2D eigenvalue weighted by Gasteiger charge is -2.07. The van der Waals surface area contributed by atoms with Crippen LogP contribution in [0, 0.1) is 12.8 Å². The third kappa shape index (κ3) is 6.12. The van der Waals surface area contributed by atoms with E-state index in [1.807, 2.05) is 0 Å². The molecule has 60 valence electrons. The lowest BCUT2D eigenvalue weighted by atomic mass is 9.98. The van der Waals surface area contributed by atoms with E-state index < -0.39 is 0 Å². The van der Waals surface area contributed by atoms with Crippen molar-refractivity contribution < 1.29 is 0 Å². The fraction of sp³-hybridized carbons (Fsp3) is 0.800. The van der Waals surface area contributed by atoms with Crippen LogP contribution in [0.4, 0.5) is 0 Å². The first-order chi connectivity index (χ1) is 4.81. The minimum atomic E-state index is 1.25. The molecule has 0 aromatic rings. The highest BCUT2D eigenvalue weighted by molar-refractivity contribution is 4.91. The maximum absolute atomic E-state index is 4.03. The molecular weight excluding hydrogens is 120 g/mol. The van der Waals surface area contributed by atoms with E-state index in [0.29, 0.717) is 0 Å². The van der Waals surface area contributed by atoms with Crippen molar-refractivity contribution >= 4 is 0 Å². The van der Waals surface area contributed by atoms with Crippen molar-refractivity contribution in [3.05, 3.63) is 12.8 Å². The van der Waals surface area contributed by atoms with Gasteiger partial charge >= 0.3 is 0 Å². The minimum Gasteiger partial charge on any atom is -0.0654 e. The third-order valence-electron chi connectivity index (χ3n) is 1.77. The minimum absolute atomic E-state index is 1.25. The molecule has 0 atom stereocenters. The van der Waals surface area contributed by atoms with Crippen molar-refractivity contribution in [1.82, 2.24) is 0 Å². The number of hydrogen-bond acceptors (Lipinski definition) is 0. The second-order valence-electron chi connectivity index (χ2n) is 2.96. The summed E-state index contributed by atoms with van der Waals surface area (Å²) < 4.78 is 0. The Hall–Kier alpha value is 0. The van der Waals surface area contributed by atoms with Gasteiger partial charge in [-0.25, -0.2) is 0 Å². The average molecular weight is 140 g/mol. The van der Waals surface area contributed by atoms with Gasteiger partial charge in [-0.2, -0.15) is 0 Å². The Morgan fingerprint density at radius 3 is 1.70 bits per heavy atom. The van der Waals surface area contributed by atoms with Gasteiger partial charge in [0.05, 0.1) is 0 Å². The molecule has 0 aromatic heterocycles. The Kier molecular flexibility index (Phi) is 7.11. The van der Waals surface area contributed by atoms with Crippen molar-refractivity contribution in [2.24, 2.45) is 0 Å². The van der Waals surface area contributed by atoms with E-state index in [2.05, 4.69) is 20.8 Å². The summed E-state index contributed by atoms with van der Waals surface area (Å²) in [7, 11) is 0. The maximum Gasteiger partial charge on any atom is -0.0241 e. The molecule has 0 heterocycles. The summed E-state index contributed by atoms with van der Waals surface area (Å²) in [5.41, 5.74) is 0. The molecule has 0 aromatic carbocycles. The molecule has 0 saturated heterocycles. The van der Waals surface area contributed by atoms with Crippen LogP contribution in [-0.2, 0) is 0 Å². The molecule has 0 aliphatic heterocycles. The van der Waals surface area contributed by atoms with Gasteiger partial charge in [-0.1, -0.05) is 39.5 Å². The van der Waals surface area contributed by atoms with Gasteiger partial charge in [0.25, 0.3) is 0 Å². The second kappa shape index (κ2) is 7.11. The smallest absolute Gasteiger partial charge is 0.0241 e. The zero-order valence-corrected chi connectivity index (χ0v) is 7.45. The molecule has 0 fully saturated rings. The molecule has 0 N–H and O–H groups in total. The molecule has 0 spiro atoms. The van der Waals surface area contributed by atoms with Crippen molar-refractivity contribution in [2.75, 3.05) is 0 Å². The number of hydrogen-bond donors (Lipinski definition) is 0.